The molecule has 146 valence electrons. The quantitative estimate of drug-likeness (QED) is 0.553. The zero-order valence-corrected chi connectivity index (χ0v) is 16.2. The van der Waals surface area contributed by atoms with E-state index in [9.17, 15) is 9.59 Å². The van der Waals surface area contributed by atoms with E-state index >= 15 is 0 Å². The van der Waals surface area contributed by atoms with Crippen molar-refractivity contribution in [3.63, 3.8) is 0 Å². The zero-order valence-electron chi connectivity index (χ0n) is 16.2. The van der Waals surface area contributed by atoms with Crippen LogP contribution in [0.4, 0.5) is 11.5 Å². The molecule has 0 aliphatic rings. The lowest BCUT2D eigenvalue weighted by Crippen LogP contribution is -2.17. The lowest BCUT2D eigenvalue weighted by atomic mass is 10.1. The first kappa shape index (κ1) is 18.4. The Morgan fingerprint density at radius 2 is 1.83 bits per heavy atom. The maximum Gasteiger partial charge on any atom is 0.293 e. The standard InChI is InChI=1S/C21H19N5O3/c1-12-7-8-15(13(2)10-12)22-20(27)18-16-6-4-5-9-26(16)19(24-18)21(28)23-17-11-14(3)29-25-17/h4-11H,1-3H3,(H,22,27)(H,23,25,28). The first-order valence-corrected chi connectivity index (χ1v) is 9.03. The van der Waals surface area contributed by atoms with Crippen LogP contribution in [0.2, 0.25) is 0 Å². The summed E-state index contributed by atoms with van der Waals surface area (Å²) < 4.78 is 6.53. The van der Waals surface area contributed by atoms with Crippen molar-refractivity contribution in [1.82, 2.24) is 14.5 Å². The predicted molar refractivity (Wildman–Crippen MR) is 108 cm³/mol. The normalized spacial score (nSPS) is 10.9. The number of rotatable bonds is 4. The molecule has 0 aliphatic carbocycles. The SMILES string of the molecule is Cc1ccc(NC(=O)c2nc(C(=O)Nc3cc(C)on3)n3ccccc23)c(C)c1. The molecule has 4 aromatic rings. The van der Waals surface area contributed by atoms with Gasteiger partial charge in [-0.15, -0.1) is 0 Å². The number of pyridine rings is 1. The van der Waals surface area contributed by atoms with Crippen LogP contribution < -0.4 is 10.6 Å². The Morgan fingerprint density at radius 1 is 1.00 bits per heavy atom. The van der Waals surface area contributed by atoms with Gasteiger partial charge >= 0.3 is 0 Å². The number of hydrogen-bond acceptors (Lipinski definition) is 5. The number of imidazole rings is 1. The molecule has 0 bridgehead atoms. The molecule has 3 aromatic heterocycles. The second-order valence-corrected chi connectivity index (χ2v) is 6.79. The van der Waals surface area contributed by atoms with Crippen LogP contribution in [0.25, 0.3) is 5.52 Å². The van der Waals surface area contributed by atoms with Crippen LogP contribution in [-0.2, 0) is 0 Å². The molecule has 0 fully saturated rings. The summed E-state index contributed by atoms with van der Waals surface area (Å²) in [6.07, 6.45) is 1.68. The molecule has 8 nitrogen and oxygen atoms in total. The van der Waals surface area contributed by atoms with Gasteiger partial charge in [0.2, 0.25) is 5.82 Å². The molecule has 4 rings (SSSR count). The van der Waals surface area contributed by atoms with Crippen molar-refractivity contribution in [3.8, 4) is 0 Å². The van der Waals surface area contributed by atoms with Crippen molar-refractivity contribution in [3.05, 3.63) is 77.1 Å². The first-order chi connectivity index (χ1) is 13.9. The van der Waals surface area contributed by atoms with E-state index in [1.165, 1.54) is 0 Å². The van der Waals surface area contributed by atoms with Crippen LogP contribution in [0, 0.1) is 20.8 Å². The van der Waals surface area contributed by atoms with Crippen molar-refractivity contribution in [2.24, 2.45) is 0 Å². The van der Waals surface area contributed by atoms with Gasteiger partial charge in [-0.1, -0.05) is 28.9 Å². The van der Waals surface area contributed by atoms with Crippen molar-refractivity contribution in [1.29, 1.82) is 0 Å². The van der Waals surface area contributed by atoms with Gasteiger partial charge in [-0.2, -0.15) is 0 Å². The second-order valence-electron chi connectivity index (χ2n) is 6.79. The molecule has 0 saturated carbocycles. The molecule has 0 radical (unpaired) electrons. The van der Waals surface area contributed by atoms with Crippen LogP contribution in [0.5, 0.6) is 0 Å². The number of carbonyl (C=O) groups excluding carboxylic acids is 2. The molecule has 1 aromatic carbocycles. The Kier molecular flexibility index (Phi) is 4.59. The van der Waals surface area contributed by atoms with Gasteiger partial charge < -0.3 is 15.2 Å². The van der Waals surface area contributed by atoms with E-state index in [0.29, 0.717) is 17.0 Å². The molecule has 2 N–H and O–H groups in total. The number of benzene rings is 1. The Balaban J connectivity index is 1.68. The van der Waals surface area contributed by atoms with E-state index in [1.54, 1.807) is 41.8 Å². The van der Waals surface area contributed by atoms with Crippen molar-refractivity contribution in [2.75, 3.05) is 10.6 Å². The zero-order chi connectivity index (χ0) is 20.5. The van der Waals surface area contributed by atoms with Crippen molar-refractivity contribution < 1.29 is 14.1 Å². The number of nitrogens with one attached hydrogen (secondary N) is 2. The summed E-state index contributed by atoms with van der Waals surface area (Å²) in [5.41, 5.74) is 3.43. The molecule has 0 saturated heterocycles. The minimum absolute atomic E-state index is 0.0760. The summed E-state index contributed by atoms with van der Waals surface area (Å²) >= 11 is 0. The van der Waals surface area contributed by atoms with Gasteiger partial charge in [-0.05, 0) is 44.5 Å². The van der Waals surface area contributed by atoms with E-state index in [2.05, 4.69) is 20.8 Å². The lowest BCUT2D eigenvalue weighted by molar-refractivity contribution is 0.101. The third-order valence-electron chi connectivity index (χ3n) is 4.47. The van der Waals surface area contributed by atoms with E-state index in [-0.39, 0.29) is 17.3 Å². The number of nitrogens with zero attached hydrogens (tertiary/aromatic N) is 3. The molecular weight excluding hydrogens is 370 g/mol. The topological polar surface area (TPSA) is 102 Å². The smallest absolute Gasteiger partial charge is 0.293 e. The van der Waals surface area contributed by atoms with E-state index in [1.807, 2.05) is 32.0 Å². The molecule has 3 heterocycles. The van der Waals surface area contributed by atoms with Crippen LogP contribution in [0.15, 0.2) is 53.2 Å². The number of amides is 2. The molecule has 8 heteroatoms. The Hall–Kier alpha value is -3.94. The minimum atomic E-state index is -0.495. The average molecular weight is 389 g/mol. The van der Waals surface area contributed by atoms with Gasteiger partial charge in [-0.25, -0.2) is 4.98 Å². The van der Waals surface area contributed by atoms with Crippen LogP contribution >= 0.6 is 0 Å². The molecule has 0 unspecified atom stereocenters. The number of carbonyl (C=O) groups is 2. The fraction of sp³-hybridized carbons (Fsp3) is 0.143. The largest absolute Gasteiger partial charge is 0.360 e. The summed E-state index contributed by atoms with van der Waals surface area (Å²) in [4.78, 5) is 29.9. The van der Waals surface area contributed by atoms with Gasteiger partial charge in [0.05, 0.1) is 5.52 Å². The molecule has 2 amide bonds. The molecule has 29 heavy (non-hydrogen) atoms. The average Bonchev–Trinajstić information content (AvgIpc) is 3.27. The summed E-state index contributed by atoms with van der Waals surface area (Å²) in [6.45, 7) is 5.64. The Labute approximate surface area is 166 Å². The molecule has 0 aliphatic heterocycles. The highest BCUT2D eigenvalue weighted by Gasteiger charge is 2.22. The monoisotopic (exact) mass is 389 g/mol. The van der Waals surface area contributed by atoms with E-state index in [4.69, 9.17) is 4.52 Å². The minimum Gasteiger partial charge on any atom is -0.360 e. The summed E-state index contributed by atoms with van der Waals surface area (Å²) in [7, 11) is 0. The van der Waals surface area contributed by atoms with Crippen LogP contribution in [0.3, 0.4) is 0 Å². The fourth-order valence-corrected chi connectivity index (χ4v) is 3.10. The number of aromatic nitrogens is 3. The van der Waals surface area contributed by atoms with Gasteiger partial charge in [0.25, 0.3) is 11.8 Å². The van der Waals surface area contributed by atoms with Gasteiger partial charge in [0.1, 0.15) is 5.76 Å². The molecule has 0 spiro atoms. The van der Waals surface area contributed by atoms with Crippen LogP contribution in [0.1, 0.15) is 38.0 Å². The predicted octanol–water partition coefficient (Wildman–Crippen LogP) is 3.75. The van der Waals surface area contributed by atoms with Gasteiger partial charge in [0, 0.05) is 18.0 Å². The highest BCUT2D eigenvalue weighted by Crippen LogP contribution is 2.20. The van der Waals surface area contributed by atoms with Gasteiger partial charge in [0.15, 0.2) is 11.5 Å². The van der Waals surface area contributed by atoms with Crippen molar-refractivity contribution in [2.45, 2.75) is 20.8 Å². The number of fused-ring (bicyclic) bond motifs is 1. The number of aryl methyl sites for hydroxylation is 3. The summed E-state index contributed by atoms with van der Waals surface area (Å²) in [6, 6.07) is 12.6. The summed E-state index contributed by atoms with van der Waals surface area (Å²) in [5.74, 6) is 0.0392. The molecular formula is C21H19N5O3. The lowest BCUT2D eigenvalue weighted by Gasteiger charge is -2.08. The van der Waals surface area contributed by atoms with Gasteiger partial charge in [-0.3, -0.25) is 14.0 Å². The molecule has 0 atom stereocenters. The third-order valence-corrected chi connectivity index (χ3v) is 4.47. The highest BCUT2D eigenvalue weighted by atomic mass is 16.5. The Morgan fingerprint density at radius 3 is 2.55 bits per heavy atom. The highest BCUT2D eigenvalue weighted by molar-refractivity contribution is 6.10. The summed E-state index contributed by atoms with van der Waals surface area (Å²) in [5, 5.41) is 9.26. The fourth-order valence-electron chi connectivity index (χ4n) is 3.10. The first-order valence-electron chi connectivity index (χ1n) is 9.03. The maximum absolute atomic E-state index is 12.9. The van der Waals surface area contributed by atoms with E-state index < -0.39 is 11.8 Å². The van der Waals surface area contributed by atoms with Crippen molar-refractivity contribution >= 4 is 28.8 Å². The van der Waals surface area contributed by atoms with E-state index in [0.717, 1.165) is 11.1 Å². The Bertz CT molecular complexity index is 1240. The van der Waals surface area contributed by atoms with Crippen LogP contribution in [-0.4, -0.2) is 26.4 Å². The second kappa shape index (κ2) is 7.23. The third kappa shape index (κ3) is 3.60. The number of anilines is 2. The number of hydrogen-bond donors (Lipinski definition) is 2. The maximum atomic E-state index is 12.9.